The van der Waals surface area contributed by atoms with Crippen molar-refractivity contribution in [3.8, 4) is 0 Å². The lowest BCUT2D eigenvalue weighted by molar-refractivity contribution is -0.125. The number of methoxy groups -OCH3 is 1. The van der Waals surface area contributed by atoms with Crippen LogP contribution in [0.4, 0.5) is 0 Å². The van der Waals surface area contributed by atoms with E-state index in [0.717, 1.165) is 15.2 Å². The maximum Gasteiger partial charge on any atom is 0.246 e. The molecule has 0 saturated carbocycles. The van der Waals surface area contributed by atoms with Crippen LogP contribution in [0.3, 0.4) is 0 Å². The Balaban J connectivity index is 1.69. The van der Waals surface area contributed by atoms with Crippen LogP contribution in [0.5, 0.6) is 0 Å². The lowest BCUT2D eigenvalue weighted by atomic mass is 10.3. The number of rotatable bonds is 3. The fourth-order valence-corrected chi connectivity index (χ4v) is 3.25. The van der Waals surface area contributed by atoms with Gasteiger partial charge in [-0.2, -0.15) is 0 Å². The highest BCUT2D eigenvalue weighted by Gasteiger charge is 2.33. The molecule has 0 unspecified atom stereocenters. The molecule has 6 heteroatoms. The first-order chi connectivity index (χ1) is 10.2. The Morgan fingerprint density at radius 2 is 2.29 bits per heavy atom. The van der Waals surface area contributed by atoms with E-state index in [-0.39, 0.29) is 12.0 Å². The number of hydrogen-bond acceptors (Lipinski definition) is 5. The maximum atomic E-state index is 12.1. The zero-order chi connectivity index (χ0) is 14.8. The number of para-hydroxylation sites is 1. The predicted octanol–water partition coefficient (Wildman–Crippen LogP) is 1.53. The van der Waals surface area contributed by atoms with E-state index in [1.54, 1.807) is 29.4 Å². The molecule has 1 aliphatic rings. The molecule has 1 saturated heterocycles. The molecule has 0 bridgehead atoms. The van der Waals surface area contributed by atoms with Crippen molar-refractivity contribution in [1.29, 1.82) is 0 Å². The molecule has 1 aromatic carbocycles. The summed E-state index contributed by atoms with van der Waals surface area (Å²) in [6.07, 6.45) is 2.31. The Hall–Kier alpha value is -1.76. The van der Waals surface area contributed by atoms with Crippen LogP contribution in [0.15, 0.2) is 30.3 Å². The van der Waals surface area contributed by atoms with Gasteiger partial charge < -0.3 is 14.7 Å². The molecule has 1 N–H and O–H groups in total. The van der Waals surface area contributed by atoms with Gasteiger partial charge in [0.1, 0.15) is 11.1 Å². The second-order valence-electron chi connectivity index (χ2n) is 4.94. The average molecular weight is 304 g/mol. The summed E-state index contributed by atoms with van der Waals surface area (Å²) in [6, 6.07) is 7.87. The summed E-state index contributed by atoms with van der Waals surface area (Å²) in [6.45, 7) is 0.724. The highest BCUT2D eigenvalue weighted by molar-refractivity contribution is 7.19. The molecular weight excluding hydrogens is 288 g/mol. The fourth-order valence-electron chi connectivity index (χ4n) is 2.38. The van der Waals surface area contributed by atoms with Gasteiger partial charge in [-0.15, -0.1) is 11.3 Å². The van der Waals surface area contributed by atoms with Crippen LogP contribution < -0.4 is 0 Å². The molecular formula is C15H16N2O3S. The molecule has 1 amide bonds. The first kappa shape index (κ1) is 14.2. The molecule has 3 rings (SSSR count). The lowest BCUT2D eigenvalue weighted by Gasteiger charge is -2.12. The monoisotopic (exact) mass is 304 g/mol. The fraction of sp³-hybridized carbons (Fsp3) is 0.333. The topological polar surface area (TPSA) is 62.7 Å². The quantitative estimate of drug-likeness (QED) is 0.874. The zero-order valence-corrected chi connectivity index (χ0v) is 12.4. The van der Waals surface area contributed by atoms with Crippen molar-refractivity contribution in [2.45, 2.75) is 12.2 Å². The molecule has 2 atom stereocenters. The Bertz CT molecular complexity index is 649. The van der Waals surface area contributed by atoms with E-state index < -0.39 is 6.10 Å². The number of aromatic nitrogens is 1. The van der Waals surface area contributed by atoms with Crippen molar-refractivity contribution in [2.24, 2.45) is 0 Å². The van der Waals surface area contributed by atoms with Crippen LogP contribution >= 0.6 is 11.3 Å². The number of aliphatic hydroxyl groups excluding tert-OH is 1. The van der Waals surface area contributed by atoms with Gasteiger partial charge in [-0.1, -0.05) is 12.1 Å². The van der Waals surface area contributed by atoms with Gasteiger partial charge in [0.05, 0.1) is 16.3 Å². The highest BCUT2D eigenvalue weighted by Crippen LogP contribution is 2.22. The average Bonchev–Trinajstić information content (AvgIpc) is 3.07. The van der Waals surface area contributed by atoms with Crippen molar-refractivity contribution < 1.29 is 14.6 Å². The molecule has 2 aromatic rings. The van der Waals surface area contributed by atoms with Crippen LogP contribution in [0, 0.1) is 0 Å². The number of carbonyl (C=O) groups excluding carboxylic acids is 1. The second-order valence-corrected chi connectivity index (χ2v) is 6.00. The summed E-state index contributed by atoms with van der Waals surface area (Å²) < 4.78 is 6.23. The highest BCUT2D eigenvalue weighted by atomic mass is 32.1. The van der Waals surface area contributed by atoms with Crippen molar-refractivity contribution in [2.75, 3.05) is 20.2 Å². The standard InChI is InChI=1S/C15H16N2O3S/c1-20-12-9-17(8-11(12)18)15(19)7-6-14-16-10-4-2-3-5-13(10)21-14/h2-7,11-12,18H,8-9H2,1H3/t11-,12-/m0/s1. The molecule has 21 heavy (non-hydrogen) atoms. The molecule has 2 heterocycles. The third kappa shape index (κ3) is 2.97. The SMILES string of the molecule is CO[C@H]1CN(C(=O)C=Cc2nc3ccccc3s2)C[C@@H]1O. The number of amides is 1. The van der Waals surface area contributed by atoms with E-state index >= 15 is 0 Å². The second kappa shape index (κ2) is 5.93. The number of nitrogens with zero attached hydrogens (tertiary/aromatic N) is 2. The largest absolute Gasteiger partial charge is 0.388 e. The van der Waals surface area contributed by atoms with E-state index in [1.165, 1.54) is 6.08 Å². The van der Waals surface area contributed by atoms with E-state index in [4.69, 9.17) is 4.74 Å². The smallest absolute Gasteiger partial charge is 0.246 e. The molecule has 110 valence electrons. The summed E-state index contributed by atoms with van der Waals surface area (Å²) in [4.78, 5) is 18.1. The van der Waals surface area contributed by atoms with Gasteiger partial charge in [-0.25, -0.2) is 4.98 Å². The maximum absolute atomic E-state index is 12.1. The summed E-state index contributed by atoms with van der Waals surface area (Å²) in [5, 5.41) is 10.5. The van der Waals surface area contributed by atoms with Gasteiger partial charge in [0.2, 0.25) is 5.91 Å². The van der Waals surface area contributed by atoms with E-state index in [0.29, 0.717) is 13.1 Å². The minimum Gasteiger partial charge on any atom is -0.388 e. The first-order valence-corrected chi connectivity index (χ1v) is 7.52. The number of benzene rings is 1. The molecule has 1 fully saturated rings. The summed E-state index contributed by atoms with van der Waals surface area (Å²) in [5.74, 6) is -0.132. The van der Waals surface area contributed by atoms with E-state index in [9.17, 15) is 9.90 Å². The van der Waals surface area contributed by atoms with Crippen LogP contribution in [0.1, 0.15) is 5.01 Å². The zero-order valence-electron chi connectivity index (χ0n) is 11.6. The van der Waals surface area contributed by atoms with Crippen molar-refractivity contribution in [3.05, 3.63) is 35.3 Å². The minimum absolute atomic E-state index is 0.132. The molecule has 0 aliphatic carbocycles. The number of fused-ring (bicyclic) bond motifs is 1. The van der Waals surface area contributed by atoms with Gasteiger partial charge in [-0.3, -0.25) is 4.79 Å². The van der Waals surface area contributed by atoms with Crippen LogP contribution in [-0.4, -0.2) is 53.3 Å². The number of carbonyl (C=O) groups is 1. The molecule has 1 aliphatic heterocycles. The number of hydrogen-bond donors (Lipinski definition) is 1. The Morgan fingerprint density at radius 1 is 1.48 bits per heavy atom. The lowest BCUT2D eigenvalue weighted by Crippen LogP contribution is -2.28. The Labute approximate surface area is 126 Å². The summed E-state index contributed by atoms with van der Waals surface area (Å²) in [5.41, 5.74) is 0.936. The molecule has 1 aromatic heterocycles. The van der Waals surface area contributed by atoms with Gasteiger partial charge >= 0.3 is 0 Å². The van der Waals surface area contributed by atoms with Gasteiger partial charge in [-0.05, 0) is 18.2 Å². The van der Waals surface area contributed by atoms with Gasteiger partial charge in [0.15, 0.2) is 0 Å². The Kier molecular flexibility index (Phi) is 4.01. The molecule has 0 radical (unpaired) electrons. The Morgan fingerprint density at radius 3 is 3.00 bits per heavy atom. The number of β-amino-alcohol motifs (C(OH)–C–C–N with tert-alkyl or cyclic N) is 1. The number of likely N-dealkylation sites (tertiary alicyclic amines) is 1. The number of aliphatic hydroxyl groups is 1. The van der Waals surface area contributed by atoms with Crippen molar-refractivity contribution in [1.82, 2.24) is 9.88 Å². The van der Waals surface area contributed by atoms with Gasteiger partial charge in [0, 0.05) is 26.3 Å². The minimum atomic E-state index is -0.616. The molecule has 5 nitrogen and oxygen atoms in total. The predicted molar refractivity (Wildman–Crippen MR) is 82.0 cm³/mol. The molecule has 0 spiro atoms. The van der Waals surface area contributed by atoms with Crippen molar-refractivity contribution in [3.63, 3.8) is 0 Å². The van der Waals surface area contributed by atoms with E-state index in [2.05, 4.69) is 4.98 Å². The number of ether oxygens (including phenoxy) is 1. The summed E-state index contributed by atoms with van der Waals surface area (Å²) in [7, 11) is 1.54. The first-order valence-electron chi connectivity index (χ1n) is 6.71. The van der Waals surface area contributed by atoms with Gasteiger partial charge in [0.25, 0.3) is 0 Å². The number of thiazole rings is 1. The summed E-state index contributed by atoms with van der Waals surface area (Å²) >= 11 is 1.54. The van der Waals surface area contributed by atoms with Crippen LogP contribution in [-0.2, 0) is 9.53 Å². The van der Waals surface area contributed by atoms with Crippen molar-refractivity contribution >= 4 is 33.5 Å². The van der Waals surface area contributed by atoms with Crippen LogP contribution in [0.25, 0.3) is 16.3 Å². The third-order valence-electron chi connectivity index (χ3n) is 3.53. The third-order valence-corrected chi connectivity index (χ3v) is 4.53. The van der Waals surface area contributed by atoms with E-state index in [1.807, 2.05) is 24.3 Å². The van der Waals surface area contributed by atoms with Crippen LogP contribution in [0.2, 0.25) is 0 Å². The normalized spacial score (nSPS) is 22.5.